The summed E-state index contributed by atoms with van der Waals surface area (Å²) < 4.78 is 5.52. The average Bonchev–Trinajstić information content (AvgIpc) is 2.96. The van der Waals surface area contributed by atoms with Gasteiger partial charge in [-0.1, -0.05) is 19.4 Å². The van der Waals surface area contributed by atoms with E-state index in [2.05, 4.69) is 23.3 Å². The molecule has 1 N–H and O–H groups in total. The van der Waals surface area contributed by atoms with Gasteiger partial charge in [-0.05, 0) is 51.7 Å². The number of hydrogen-bond acceptors (Lipinski definition) is 4. The molecule has 0 aromatic carbocycles. The van der Waals surface area contributed by atoms with Crippen LogP contribution in [0.3, 0.4) is 0 Å². The van der Waals surface area contributed by atoms with Crippen molar-refractivity contribution in [3.05, 3.63) is 23.9 Å². The van der Waals surface area contributed by atoms with E-state index in [0.29, 0.717) is 0 Å². The second kappa shape index (κ2) is 7.66. The molecule has 5 heteroatoms. The molecule has 0 radical (unpaired) electrons. The minimum absolute atomic E-state index is 0.0713. The molecular formula is C18H29N3O2. The highest BCUT2D eigenvalue weighted by Gasteiger charge is 2.33. The molecule has 5 nitrogen and oxygen atoms in total. The van der Waals surface area contributed by atoms with E-state index in [9.17, 15) is 4.79 Å². The quantitative estimate of drug-likeness (QED) is 0.819. The van der Waals surface area contributed by atoms with Crippen molar-refractivity contribution in [2.75, 3.05) is 18.4 Å². The summed E-state index contributed by atoms with van der Waals surface area (Å²) in [5, 5.41) is 3.31. The number of unbranched alkanes of at least 4 members (excludes halogenated alkanes) is 1. The summed E-state index contributed by atoms with van der Waals surface area (Å²) in [5.74, 6) is 0.893. The fourth-order valence-corrected chi connectivity index (χ4v) is 2.75. The second-order valence-corrected chi connectivity index (χ2v) is 7.09. The van der Waals surface area contributed by atoms with Gasteiger partial charge in [0, 0.05) is 19.3 Å². The lowest BCUT2D eigenvalue weighted by Crippen LogP contribution is -2.36. The average molecular weight is 319 g/mol. The monoisotopic (exact) mass is 319 g/mol. The zero-order valence-corrected chi connectivity index (χ0v) is 14.8. The van der Waals surface area contributed by atoms with E-state index < -0.39 is 5.60 Å². The van der Waals surface area contributed by atoms with Crippen molar-refractivity contribution in [2.24, 2.45) is 0 Å². The Morgan fingerprint density at radius 3 is 2.83 bits per heavy atom. The molecule has 0 aliphatic carbocycles. The van der Waals surface area contributed by atoms with Crippen LogP contribution in [-0.2, 0) is 4.74 Å². The second-order valence-electron chi connectivity index (χ2n) is 7.09. The molecule has 23 heavy (non-hydrogen) atoms. The van der Waals surface area contributed by atoms with Gasteiger partial charge < -0.3 is 15.0 Å². The van der Waals surface area contributed by atoms with Gasteiger partial charge in [0.2, 0.25) is 0 Å². The summed E-state index contributed by atoms with van der Waals surface area (Å²) >= 11 is 0. The van der Waals surface area contributed by atoms with Crippen LogP contribution in [0.1, 0.15) is 65.0 Å². The molecule has 1 amide bonds. The molecule has 1 aromatic rings. The largest absolute Gasteiger partial charge is 0.444 e. The first-order valence-corrected chi connectivity index (χ1v) is 8.60. The van der Waals surface area contributed by atoms with E-state index >= 15 is 0 Å². The SMILES string of the molecule is CCCCNc1ccc(C2CCCN2C(=O)OC(C)(C)C)cn1. The molecule has 2 heterocycles. The Hall–Kier alpha value is -1.78. The predicted molar refractivity (Wildman–Crippen MR) is 92.5 cm³/mol. The van der Waals surface area contributed by atoms with Crippen molar-refractivity contribution in [1.29, 1.82) is 0 Å². The van der Waals surface area contributed by atoms with Crippen molar-refractivity contribution in [2.45, 2.75) is 65.0 Å². The molecule has 0 saturated carbocycles. The normalized spacial score (nSPS) is 18.1. The lowest BCUT2D eigenvalue weighted by molar-refractivity contribution is 0.0224. The maximum Gasteiger partial charge on any atom is 0.410 e. The van der Waals surface area contributed by atoms with E-state index in [1.165, 1.54) is 0 Å². The minimum atomic E-state index is -0.463. The zero-order valence-electron chi connectivity index (χ0n) is 14.8. The number of amides is 1. The van der Waals surface area contributed by atoms with Gasteiger partial charge >= 0.3 is 6.09 Å². The van der Waals surface area contributed by atoms with Crippen molar-refractivity contribution in [1.82, 2.24) is 9.88 Å². The number of likely N-dealkylation sites (tertiary alicyclic amines) is 1. The Kier molecular flexibility index (Phi) is 5.85. The van der Waals surface area contributed by atoms with Gasteiger partial charge in [-0.15, -0.1) is 0 Å². The number of ether oxygens (including phenoxy) is 1. The van der Waals surface area contributed by atoms with Gasteiger partial charge in [0.05, 0.1) is 6.04 Å². The Labute approximate surface area is 139 Å². The summed E-state index contributed by atoms with van der Waals surface area (Å²) in [6.07, 6.45) is 5.91. The van der Waals surface area contributed by atoms with Crippen LogP contribution < -0.4 is 5.32 Å². The summed E-state index contributed by atoms with van der Waals surface area (Å²) in [6, 6.07) is 4.13. The standard InChI is InChI=1S/C18H29N3O2/c1-5-6-11-19-16-10-9-14(13-20-16)15-8-7-12-21(15)17(22)23-18(2,3)4/h9-10,13,15H,5-8,11-12H2,1-4H3,(H,19,20). The number of hydrogen-bond donors (Lipinski definition) is 1. The lowest BCUT2D eigenvalue weighted by Gasteiger charge is -2.28. The third-order valence-corrected chi connectivity index (χ3v) is 3.89. The van der Waals surface area contributed by atoms with E-state index in [0.717, 1.165) is 50.2 Å². The van der Waals surface area contributed by atoms with Crippen molar-refractivity contribution in [3.63, 3.8) is 0 Å². The number of aromatic nitrogens is 1. The highest BCUT2D eigenvalue weighted by atomic mass is 16.6. The molecule has 1 aliphatic heterocycles. The van der Waals surface area contributed by atoms with Gasteiger partial charge in [-0.3, -0.25) is 0 Å². The third-order valence-electron chi connectivity index (χ3n) is 3.89. The number of nitrogens with zero attached hydrogens (tertiary/aromatic N) is 2. The topological polar surface area (TPSA) is 54.5 Å². The first-order valence-electron chi connectivity index (χ1n) is 8.60. The van der Waals surface area contributed by atoms with Crippen molar-refractivity contribution < 1.29 is 9.53 Å². The lowest BCUT2D eigenvalue weighted by atomic mass is 10.1. The number of nitrogens with one attached hydrogen (secondary N) is 1. The van der Waals surface area contributed by atoms with Crippen LogP contribution in [0.5, 0.6) is 0 Å². The zero-order chi connectivity index (χ0) is 16.9. The predicted octanol–water partition coefficient (Wildman–Crippen LogP) is 4.37. The highest BCUT2D eigenvalue weighted by molar-refractivity contribution is 5.69. The number of carbonyl (C=O) groups excluding carboxylic acids is 1. The molecule has 1 saturated heterocycles. The first kappa shape index (κ1) is 17.6. The van der Waals surface area contributed by atoms with Gasteiger partial charge in [-0.2, -0.15) is 0 Å². The molecule has 128 valence electrons. The Morgan fingerprint density at radius 2 is 2.22 bits per heavy atom. The molecule has 1 aliphatic rings. The van der Waals surface area contributed by atoms with E-state index in [1.54, 1.807) is 0 Å². The number of pyridine rings is 1. The summed E-state index contributed by atoms with van der Waals surface area (Å²) in [5.41, 5.74) is 0.615. The van der Waals surface area contributed by atoms with Crippen LogP contribution in [0.4, 0.5) is 10.6 Å². The van der Waals surface area contributed by atoms with E-state index in [1.807, 2.05) is 37.9 Å². The maximum atomic E-state index is 12.4. The smallest absolute Gasteiger partial charge is 0.410 e. The van der Waals surface area contributed by atoms with Gasteiger partial charge in [0.15, 0.2) is 0 Å². The minimum Gasteiger partial charge on any atom is -0.444 e. The highest BCUT2D eigenvalue weighted by Crippen LogP contribution is 2.33. The maximum absolute atomic E-state index is 12.4. The molecule has 2 rings (SSSR count). The Morgan fingerprint density at radius 1 is 1.43 bits per heavy atom. The molecule has 1 aromatic heterocycles. The van der Waals surface area contributed by atoms with Crippen LogP contribution in [-0.4, -0.2) is 34.7 Å². The molecule has 1 fully saturated rings. The van der Waals surface area contributed by atoms with Gasteiger partial charge in [0.1, 0.15) is 11.4 Å². The fraction of sp³-hybridized carbons (Fsp3) is 0.667. The Balaban J connectivity index is 2.00. The van der Waals surface area contributed by atoms with Crippen LogP contribution in [0, 0.1) is 0 Å². The molecular weight excluding hydrogens is 290 g/mol. The summed E-state index contributed by atoms with van der Waals surface area (Å²) in [7, 11) is 0. The summed E-state index contributed by atoms with van der Waals surface area (Å²) in [4.78, 5) is 18.7. The van der Waals surface area contributed by atoms with Crippen molar-refractivity contribution >= 4 is 11.9 Å². The summed E-state index contributed by atoms with van der Waals surface area (Å²) in [6.45, 7) is 9.55. The first-order chi connectivity index (χ1) is 10.9. The van der Waals surface area contributed by atoms with Crippen LogP contribution in [0.2, 0.25) is 0 Å². The van der Waals surface area contributed by atoms with Crippen LogP contribution >= 0.6 is 0 Å². The third kappa shape index (κ3) is 5.12. The number of anilines is 1. The van der Waals surface area contributed by atoms with E-state index in [4.69, 9.17) is 4.74 Å². The fourth-order valence-electron chi connectivity index (χ4n) is 2.75. The van der Waals surface area contributed by atoms with Gasteiger partial charge in [-0.25, -0.2) is 9.78 Å². The van der Waals surface area contributed by atoms with Gasteiger partial charge in [0.25, 0.3) is 0 Å². The number of carbonyl (C=O) groups is 1. The van der Waals surface area contributed by atoms with Crippen LogP contribution in [0.15, 0.2) is 18.3 Å². The molecule has 1 atom stereocenters. The van der Waals surface area contributed by atoms with Crippen LogP contribution in [0.25, 0.3) is 0 Å². The number of rotatable bonds is 5. The molecule has 0 bridgehead atoms. The molecule has 1 unspecified atom stereocenters. The van der Waals surface area contributed by atoms with E-state index in [-0.39, 0.29) is 12.1 Å². The Bertz CT molecular complexity index is 508. The molecule has 0 spiro atoms. The van der Waals surface area contributed by atoms with Crippen molar-refractivity contribution in [3.8, 4) is 0 Å².